The Morgan fingerprint density at radius 3 is 3.05 bits per heavy atom. The quantitative estimate of drug-likeness (QED) is 0.916. The summed E-state index contributed by atoms with van der Waals surface area (Å²) in [7, 11) is 1.74. The molecule has 3 rings (SSSR count). The SMILES string of the molecule is COCCN1CCCN(c2ccc3nc[nH]c(=O)c3c2)CC1. The van der Waals surface area contributed by atoms with E-state index in [4.69, 9.17) is 4.74 Å². The number of ether oxygens (including phenoxy) is 1. The van der Waals surface area contributed by atoms with Gasteiger partial charge in [-0.2, -0.15) is 0 Å². The summed E-state index contributed by atoms with van der Waals surface area (Å²) in [5, 5.41) is 0.653. The fraction of sp³-hybridized carbons (Fsp3) is 0.500. The van der Waals surface area contributed by atoms with E-state index in [2.05, 4.69) is 25.8 Å². The van der Waals surface area contributed by atoms with E-state index in [9.17, 15) is 4.79 Å². The monoisotopic (exact) mass is 302 g/mol. The van der Waals surface area contributed by atoms with Gasteiger partial charge in [0.15, 0.2) is 0 Å². The zero-order valence-corrected chi connectivity index (χ0v) is 12.9. The number of anilines is 1. The number of hydrogen-bond donors (Lipinski definition) is 1. The molecular weight excluding hydrogens is 280 g/mol. The minimum atomic E-state index is -0.0802. The lowest BCUT2D eigenvalue weighted by atomic mass is 10.2. The molecule has 0 spiro atoms. The molecule has 0 amide bonds. The number of methoxy groups -OCH3 is 1. The lowest BCUT2D eigenvalue weighted by Crippen LogP contribution is -2.32. The van der Waals surface area contributed by atoms with Crippen molar-refractivity contribution >= 4 is 16.6 Å². The van der Waals surface area contributed by atoms with Crippen molar-refractivity contribution < 1.29 is 4.74 Å². The molecule has 0 radical (unpaired) electrons. The molecule has 6 heteroatoms. The van der Waals surface area contributed by atoms with E-state index >= 15 is 0 Å². The predicted octanol–water partition coefficient (Wildman–Crippen LogP) is 1.08. The largest absolute Gasteiger partial charge is 0.383 e. The topological polar surface area (TPSA) is 61.5 Å². The third kappa shape index (κ3) is 3.28. The van der Waals surface area contributed by atoms with Gasteiger partial charge in [-0.25, -0.2) is 4.98 Å². The number of aromatic nitrogens is 2. The second-order valence-electron chi connectivity index (χ2n) is 5.61. The van der Waals surface area contributed by atoms with Gasteiger partial charge in [0.25, 0.3) is 5.56 Å². The average molecular weight is 302 g/mol. The van der Waals surface area contributed by atoms with E-state index in [1.807, 2.05) is 12.1 Å². The van der Waals surface area contributed by atoms with Crippen molar-refractivity contribution in [2.45, 2.75) is 6.42 Å². The van der Waals surface area contributed by atoms with Crippen LogP contribution in [0.2, 0.25) is 0 Å². The van der Waals surface area contributed by atoms with Crippen molar-refractivity contribution in [1.29, 1.82) is 0 Å². The zero-order chi connectivity index (χ0) is 15.4. The smallest absolute Gasteiger partial charge is 0.258 e. The molecule has 1 aromatic carbocycles. The highest BCUT2D eigenvalue weighted by molar-refractivity contribution is 5.81. The first-order valence-electron chi connectivity index (χ1n) is 7.71. The Balaban J connectivity index is 1.76. The van der Waals surface area contributed by atoms with Crippen molar-refractivity contribution in [3.63, 3.8) is 0 Å². The number of benzene rings is 1. The third-order valence-corrected chi connectivity index (χ3v) is 4.19. The average Bonchev–Trinajstić information content (AvgIpc) is 2.79. The van der Waals surface area contributed by atoms with Crippen LogP contribution < -0.4 is 10.5 Å². The predicted molar refractivity (Wildman–Crippen MR) is 87.5 cm³/mol. The molecule has 2 heterocycles. The molecule has 0 bridgehead atoms. The Hall–Kier alpha value is -1.92. The lowest BCUT2D eigenvalue weighted by molar-refractivity contribution is 0.152. The molecule has 0 unspecified atom stereocenters. The van der Waals surface area contributed by atoms with Crippen LogP contribution >= 0.6 is 0 Å². The maximum absolute atomic E-state index is 11.9. The van der Waals surface area contributed by atoms with Gasteiger partial charge in [0.2, 0.25) is 0 Å². The number of rotatable bonds is 4. The summed E-state index contributed by atoms with van der Waals surface area (Å²) in [4.78, 5) is 23.5. The number of H-pyrrole nitrogens is 1. The maximum atomic E-state index is 11.9. The summed E-state index contributed by atoms with van der Waals surface area (Å²) in [6, 6.07) is 5.93. The molecule has 0 aliphatic carbocycles. The molecule has 1 fully saturated rings. The van der Waals surface area contributed by atoms with E-state index in [0.717, 1.165) is 57.0 Å². The van der Waals surface area contributed by atoms with Crippen LogP contribution in [0.5, 0.6) is 0 Å². The molecule has 2 aromatic rings. The zero-order valence-electron chi connectivity index (χ0n) is 12.9. The van der Waals surface area contributed by atoms with Crippen LogP contribution in [0.1, 0.15) is 6.42 Å². The number of aromatic amines is 1. The van der Waals surface area contributed by atoms with Crippen LogP contribution in [0.4, 0.5) is 5.69 Å². The summed E-state index contributed by atoms with van der Waals surface area (Å²) in [5.41, 5.74) is 1.76. The Labute approximate surface area is 129 Å². The van der Waals surface area contributed by atoms with Crippen molar-refractivity contribution in [2.24, 2.45) is 0 Å². The van der Waals surface area contributed by atoms with Gasteiger partial charge in [-0.3, -0.25) is 9.69 Å². The number of nitrogens with one attached hydrogen (secondary N) is 1. The van der Waals surface area contributed by atoms with Crippen molar-refractivity contribution in [3.05, 3.63) is 34.9 Å². The van der Waals surface area contributed by atoms with Crippen molar-refractivity contribution in [2.75, 3.05) is 51.3 Å². The Kier molecular flexibility index (Phi) is 4.70. The summed E-state index contributed by atoms with van der Waals surface area (Å²) in [6.45, 7) is 5.84. The number of hydrogen-bond acceptors (Lipinski definition) is 5. The highest BCUT2D eigenvalue weighted by Gasteiger charge is 2.15. The molecule has 118 valence electrons. The summed E-state index contributed by atoms with van der Waals surface area (Å²) in [5.74, 6) is 0. The van der Waals surface area contributed by atoms with Crippen LogP contribution in [0.3, 0.4) is 0 Å². The second kappa shape index (κ2) is 6.89. The first kappa shape index (κ1) is 15.0. The van der Waals surface area contributed by atoms with Gasteiger partial charge in [-0.15, -0.1) is 0 Å². The van der Waals surface area contributed by atoms with E-state index < -0.39 is 0 Å². The summed E-state index contributed by atoms with van der Waals surface area (Å²) in [6.07, 6.45) is 2.56. The maximum Gasteiger partial charge on any atom is 0.258 e. The summed E-state index contributed by atoms with van der Waals surface area (Å²) < 4.78 is 5.16. The first-order valence-corrected chi connectivity index (χ1v) is 7.71. The molecule has 1 N–H and O–H groups in total. The van der Waals surface area contributed by atoms with Crippen LogP contribution in [-0.4, -0.2) is 61.3 Å². The molecule has 6 nitrogen and oxygen atoms in total. The first-order chi connectivity index (χ1) is 10.8. The van der Waals surface area contributed by atoms with Gasteiger partial charge in [0, 0.05) is 39.0 Å². The highest BCUT2D eigenvalue weighted by atomic mass is 16.5. The molecule has 1 aliphatic heterocycles. The molecule has 0 atom stereocenters. The van der Waals surface area contributed by atoms with Crippen LogP contribution in [0.15, 0.2) is 29.3 Å². The van der Waals surface area contributed by atoms with E-state index in [1.165, 1.54) is 6.33 Å². The molecule has 0 saturated carbocycles. The number of fused-ring (bicyclic) bond motifs is 1. The van der Waals surface area contributed by atoms with E-state index in [-0.39, 0.29) is 5.56 Å². The minimum Gasteiger partial charge on any atom is -0.383 e. The van der Waals surface area contributed by atoms with Crippen molar-refractivity contribution in [1.82, 2.24) is 14.9 Å². The number of nitrogens with zero attached hydrogens (tertiary/aromatic N) is 3. The normalized spacial score (nSPS) is 16.9. The fourth-order valence-corrected chi connectivity index (χ4v) is 2.93. The third-order valence-electron chi connectivity index (χ3n) is 4.19. The van der Waals surface area contributed by atoms with Crippen LogP contribution in [0.25, 0.3) is 10.9 Å². The van der Waals surface area contributed by atoms with Crippen molar-refractivity contribution in [3.8, 4) is 0 Å². The van der Waals surface area contributed by atoms with Gasteiger partial charge >= 0.3 is 0 Å². The Morgan fingerprint density at radius 2 is 2.18 bits per heavy atom. The van der Waals surface area contributed by atoms with E-state index in [0.29, 0.717) is 5.39 Å². The Bertz CT molecular complexity index is 685. The highest BCUT2D eigenvalue weighted by Crippen LogP contribution is 2.20. The van der Waals surface area contributed by atoms with Gasteiger partial charge in [-0.05, 0) is 31.2 Å². The standard InChI is InChI=1S/C16H22N4O2/c1-22-10-9-19-5-2-6-20(8-7-19)13-3-4-15-14(11-13)16(21)18-12-17-15/h3-4,11-12H,2,5-10H2,1H3,(H,17,18,21). The van der Waals surface area contributed by atoms with Crippen LogP contribution in [0, 0.1) is 0 Å². The van der Waals surface area contributed by atoms with Gasteiger partial charge in [-0.1, -0.05) is 0 Å². The molecule has 22 heavy (non-hydrogen) atoms. The Morgan fingerprint density at radius 1 is 1.27 bits per heavy atom. The van der Waals surface area contributed by atoms with Crippen LogP contribution in [-0.2, 0) is 4.74 Å². The van der Waals surface area contributed by atoms with Gasteiger partial charge < -0.3 is 14.6 Å². The lowest BCUT2D eigenvalue weighted by Gasteiger charge is -2.23. The fourth-order valence-electron chi connectivity index (χ4n) is 2.93. The van der Waals surface area contributed by atoms with E-state index in [1.54, 1.807) is 7.11 Å². The molecule has 1 saturated heterocycles. The molecular formula is C16H22N4O2. The second-order valence-corrected chi connectivity index (χ2v) is 5.61. The van der Waals surface area contributed by atoms with Gasteiger partial charge in [0.05, 0.1) is 23.8 Å². The summed E-state index contributed by atoms with van der Waals surface area (Å²) >= 11 is 0. The minimum absolute atomic E-state index is 0.0802. The molecule has 1 aliphatic rings. The molecule has 1 aromatic heterocycles. The van der Waals surface area contributed by atoms with Gasteiger partial charge in [0.1, 0.15) is 0 Å².